The van der Waals surface area contributed by atoms with Gasteiger partial charge in [0.25, 0.3) is 11.8 Å². The summed E-state index contributed by atoms with van der Waals surface area (Å²) in [5.74, 6) is -0.199. The molecule has 0 atom stereocenters. The Balaban J connectivity index is 1.31. The molecule has 2 amide bonds. The number of thiophene rings is 1. The van der Waals surface area contributed by atoms with Crippen LogP contribution in [0.4, 0.5) is 0 Å². The van der Waals surface area contributed by atoms with Crippen LogP contribution in [-0.2, 0) is 0 Å². The normalized spacial score (nSPS) is 14.4. The number of para-hydroxylation sites is 1. The lowest BCUT2D eigenvalue weighted by molar-refractivity contribution is 0.0697. The van der Waals surface area contributed by atoms with Crippen molar-refractivity contribution in [3.05, 3.63) is 83.8 Å². The molecule has 1 saturated heterocycles. The second-order valence-corrected chi connectivity index (χ2v) is 8.64. The molecule has 7 nitrogen and oxygen atoms in total. The zero-order chi connectivity index (χ0) is 21.9. The second-order valence-electron chi connectivity index (χ2n) is 7.69. The third kappa shape index (κ3) is 4.09. The summed E-state index contributed by atoms with van der Waals surface area (Å²) < 4.78 is 6.71. The Bertz CT molecular complexity index is 1190. The highest BCUT2D eigenvalue weighted by Crippen LogP contribution is 2.26. The number of carbonyl (C=O) groups excluding carboxylic acids is 2. The van der Waals surface area contributed by atoms with Crippen molar-refractivity contribution in [2.24, 2.45) is 0 Å². The van der Waals surface area contributed by atoms with Crippen LogP contribution in [0.1, 0.15) is 33.7 Å². The number of likely N-dealkylation sites (tertiary alicyclic amines) is 1. The smallest absolute Gasteiger partial charge is 0.270 e. The fourth-order valence-corrected chi connectivity index (χ4v) is 4.59. The molecule has 1 N–H and O–H groups in total. The fraction of sp³-hybridized carbons (Fsp3) is 0.208. The molecule has 1 aromatic carbocycles. The summed E-state index contributed by atoms with van der Waals surface area (Å²) in [5.41, 5.74) is 2.66. The van der Waals surface area contributed by atoms with Crippen molar-refractivity contribution in [3.63, 3.8) is 0 Å². The van der Waals surface area contributed by atoms with Gasteiger partial charge in [-0.25, -0.2) is 4.68 Å². The van der Waals surface area contributed by atoms with Crippen molar-refractivity contribution in [2.45, 2.75) is 18.9 Å². The van der Waals surface area contributed by atoms with Gasteiger partial charge in [0, 0.05) is 19.1 Å². The third-order valence-electron chi connectivity index (χ3n) is 5.60. The SMILES string of the molecule is O=C(NC1CCN(C(=O)c2ccoc2)CC1)c1cc(-c2cccs2)nn1-c1ccccc1. The van der Waals surface area contributed by atoms with Crippen LogP contribution in [0.15, 0.2) is 76.9 Å². The van der Waals surface area contributed by atoms with Crippen LogP contribution >= 0.6 is 11.3 Å². The maximum Gasteiger partial charge on any atom is 0.270 e. The van der Waals surface area contributed by atoms with Crippen LogP contribution < -0.4 is 5.32 Å². The highest BCUT2D eigenvalue weighted by atomic mass is 32.1. The molecule has 1 fully saturated rings. The van der Waals surface area contributed by atoms with Crippen LogP contribution in [-0.4, -0.2) is 45.6 Å². The Morgan fingerprint density at radius 1 is 1.06 bits per heavy atom. The van der Waals surface area contributed by atoms with E-state index < -0.39 is 0 Å². The summed E-state index contributed by atoms with van der Waals surface area (Å²) in [4.78, 5) is 28.5. The molecule has 0 aliphatic carbocycles. The molecule has 162 valence electrons. The van der Waals surface area contributed by atoms with Gasteiger partial charge in [0.15, 0.2) is 0 Å². The van der Waals surface area contributed by atoms with E-state index >= 15 is 0 Å². The summed E-state index contributed by atoms with van der Waals surface area (Å²) in [6, 6.07) is 17.1. The van der Waals surface area contributed by atoms with Crippen LogP contribution in [0.5, 0.6) is 0 Å². The summed E-state index contributed by atoms with van der Waals surface area (Å²) in [7, 11) is 0. The van der Waals surface area contributed by atoms with E-state index in [2.05, 4.69) is 5.32 Å². The van der Waals surface area contributed by atoms with E-state index in [4.69, 9.17) is 9.52 Å². The zero-order valence-electron chi connectivity index (χ0n) is 17.3. The number of nitrogens with zero attached hydrogens (tertiary/aromatic N) is 3. The molecule has 32 heavy (non-hydrogen) atoms. The predicted molar refractivity (Wildman–Crippen MR) is 122 cm³/mol. The van der Waals surface area contributed by atoms with E-state index in [-0.39, 0.29) is 17.9 Å². The number of rotatable bonds is 5. The number of amides is 2. The quantitative estimate of drug-likeness (QED) is 0.498. The summed E-state index contributed by atoms with van der Waals surface area (Å²) in [6.45, 7) is 1.18. The molecule has 4 aromatic rings. The average Bonchev–Trinajstić information content (AvgIpc) is 3.61. The van der Waals surface area contributed by atoms with E-state index in [0.29, 0.717) is 37.2 Å². The monoisotopic (exact) mass is 446 g/mol. The lowest BCUT2D eigenvalue weighted by Gasteiger charge is -2.32. The first-order valence-electron chi connectivity index (χ1n) is 10.5. The molecule has 0 bridgehead atoms. The van der Waals surface area contributed by atoms with Crippen LogP contribution in [0, 0.1) is 0 Å². The Morgan fingerprint density at radius 3 is 2.56 bits per heavy atom. The largest absolute Gasteiger partial charge is 0.472 e. The number of hydrogen-bond donors (Lipinski definition) is 1. The third-order valence-corrected chi connectivity index (χ3v) is 6.49. The maximum atomic E-state index is 13.2. The number of hydrogen-bond acceptors (Lipinski definition) is 5. The molecule has 0 saturated carbocycles. The van der Waals surface area contributed by atoms with Crippen molar-refractivity contribution in [2.75, 3.05) is 13.1 Å². The zero-order valence-corrected chi connectivity index (χ0v) is 18.1. The molecule has 4 heterocycles. The Morgan fingerprint density at radius 2 is 1.88 bits per heavy atom. The highest BCUT2D eigenvalue weighted by Gasteiger charge is 2.27. The minimum atomic E-state index is -0.163. The van der Waals surface area contributed by atoms with Gasteiger partial charge in [-0.2, -0.15) is 5.10 Å². The second kappa shape index (κ2) is 8.84. The van der Waals surface area contributed by atoms with Crippen molar-refractivity contribution in [3.8, 4) is 16.3 Å². The van der Waals surface area contributed by atoms with Gasteiger partial charge in [0.05, 0.1) is 22.4 Å². The van der Waals surface area contributed by atoms with Crippen LogP contribution in [0.25, 0.3) is 16.3 Å². The predicted octanol–water partition coefficient (Wildman–Crippen LogP) is 4.23. The van der Waals surface area contributed by atoms with E-state index in [1.165, 1.54) is 12.5 Å². The van der Waals surface area contributed by atoms with Gasteiger partial charge in [0.1, 0.15) is 17.7 Å². The molecule has 0 spiro atoms. The van der Waals surface area contributed by atoms with Gasteiger partial charge in [-0.05, 0) is 48.6 Å². The Labute approximate surface area is 189 Å². The first-order valence-corrected chi connectivity index (χ1v) is 11.4. The van der Waals surface area contributed by atoms with E-state index in [0.717, 1.165) is 16.3 Å². The van der Waals surface area contributed by atoms with E-state index in [9.17, 15) is 9.59 Å². The van der Waals surface area contributed by atoms with Crippen molar-refractivity contribution in [1.82, 2.24) is 20.0 Å². The van der Waals surface area contributed by atoms with Crippen molar-refractivity contribution in [1.29, 1.82) is 0 Å². The number of aromatic nitrogens is 2. The van der Waals surface area contributed by atoms with Crippen molar-refractivity contribution < 1.29 is 14.0 Å². The Kier molecular flexibility index (Phi) is 5.60. The molecular formula is C24H22N4O3S. The number of furan rings is 1. The summed E-state index contributed by atoms with van der Waals surface area (Å²) in [5, 5.41) is 9.85. The molecular weight excluding hydrogens is 424 g/mol. The molecule has 1 aliphatic rings. The number of benzene rings is 1. The Hall–Kier alpha value is -3.65. The van der Waals surface area contributed by atoms with Gasteiger partial charge in [-0.3, -0.25) is 9.59 Å². The van der Waals surface area contributed by atoms with E-state index in [1.807, 2.05) is 53.9 Å². The molecule has 0 unspecified atom stereocenters. The van der Waals surface area contributed by atoms with E-state index in [1.54, 1.807) is 27.0 Å². The number of piperidine rings is 1. The maximum absolute atomic E-state index is 13.2. The lowest BCUT2D eigenvalue weighted by atomic mass is 10.0. The van der Waals surface area contributed by atoms with Gasteiger partial charge >= 0.3 is 0 Å². The number of carbonyl (C=O) groups is 2. The average molecular weight is 447 g/mol. The minimum absolute atomic E-state index is 0.000195. The summed E-state index contributed by atoms with van der Waals surface area (Å²) in [6.07, 6.45) is 4.37. The molecule has 0 radical (unpaired) electrons. The summed E-state index contributed by atoms with van der Waals surface area (Å²) >= 11 is 1.59. The van der Waals surface area contributed by atoms with Crippen LogP contribution in [0.3, 0.4) is 0 Å². The van der Waals surface area contributed by atoms with Crippen LogP contribution in [0.2, 0.25) is 0 Å². The number of nitrogens with one attached hydrogen (secondary N) is 1. The van der Waals surface area contributed by atoms with Gasteiger partial charge in [0.2, 0.25) is 0 Å². The first kappa shape index (κ1) is 20.3. The standard InChI is InChI=1S/C24H22N4O3S/c29-23(25-18-8-11-27(12-9-18)24(30)17-10-13-31-16-17)21-15-20(22-7-4-14-32-22)26-28(21)19-5-2-1-3-6-19/h1-7,10,13-16,18H,8-9,11-12H2,(H,25,29). The van der Waals surface area contributed by atoms with Gasteiger partial charge in [-0.1, -0.05) is 24.3 Å². The molecule has 3 aromatic heterocycles. The lowest BCUT2D eigenvalue weighted by Crippen LogP contribution is -2.46. The highest BCUT2D eigenvalue weighted by molar-refractivity contribution is 7.13. The first-order chi connectivity index (χ1) is 15.7. The minimum Gasteiger partial charge on any atom is -0.472 e. The topological polar surface area (TPSA) is 80.4 Å². The van der Waals surface area contributed by atoms with Gasteiger partial charge < -0.3 is 14.6 Å². The molecule has 1 aliphatic heterocycles. The fourth-order valence-electron chi connectivity index (χ4n) is 3.91. The van der Waals surface area contributed by atoms with Gasteiger partial charge in [-0.15, -0.1) is 11.3 Å². The molecule has 8 heteroatoms. The molecule has 5 rings (SSSR count). The van der Waals surface area contributed by atoms with Crippen molar-refractivity contribution >= 4 is 23.2 Å².